The molecular weight excluding hydrogens is 124 g/mol. The van der Waals surface area contributed by atoms with Gasteiger partial charge in [-0.2, -0.15) is 0 Å². The highest BCUT2D eigenvalue weighted by molar-refractivity contribution is 4.89. The van der Waals surface area contributed by atoms with Crippen molar-refractivity contribution in [3.05, 3.63) is 12.3 Å². The number of rotatable bonds is 5. The van der Waals surface area contributed by atoms with Crippen molar-refractivity contribution in [1.29, 1.82) is 0 Å². The Balaban J connectivity index is 3.22. The molecule has 1 N–H and O–H groups in total. The molecule has 0 bridgehead atoms. The molecule has 0 aromatic rings. The Bertz CT molecular complexity index is 97.4. The number of hydrogen-bond acceptors (Lipinski definition) is 2. The van der Waals surface area contributed by atoms with Gasteiger partial charge in [0, 0.05) is 5.70 Å². The summed E-state index contributed by atoms with van der Waals surface area (Å²) in [5.74, 6) is 0. The van der Waals surface area contributed by atoms with E-state index in [1.807, 2.05) is 14.1 Å². The van der Waals surface area contributed by atoms with Crippen LogP contribution in [0.15, 0.2) is 12.3 Å². The number of hydrogen-bond donors (Lipinski definition) is 1. The van der Waals surface area contributed by atoms with Crippen molar-refractivity contribution in [3.63, 3.8) is 0 Å². The quantitative estimate of drug-likeness (QED) is 0.584. The molecule has 2 nitrogen and oxygen atoms in total. The summed E-state index contributed by atoms with van der Waals surface area (Å²) in [6.07, 6.45) is 2.24. The van der Waals surface area contributed by atoms with Crippen molar-refractivity contribution >= 4 is 0 Å². The van der Waals surface area contributed by atoms with Gasteiger partial charge in [-0.3, -0.25) is 4.90 Å². The maximum Gasteiger partial charge on any atom is 0.0670 e. The summed E-state index contributed by atoms with van der Waals surface area (Å²) in [7, 11) is 4.07. The Morgan fingerprint density at radius 3 is 2.50 bits per heavy atom. The van der Waals surface area contributed by atoms with Gasteiger partial charge < -0.3 is 5.32 Å². The number of nitrogens with one attached hydrogen (secondary N) is 1. The monoisotopic (exact) mass is 142 g/mol. The maximum absolute atomic E-state index is 3.88. The van der Waals surface area contributed by atoms with Crippen LogP contribution in [0.2, 0.25) is 0 Å². The molecule has 60 valence electrons. The average Bonchev–Trinajstić information content (AvgIpc) is 1.85. The Morgan fingerprint density at radius 2 is 2.10 bits per heavy atom. The molecule has 0 unspecified atom stereocenters. The molecule has 0 aromatic heterocycles. The van der Waals surface area contributed by atoms with E-state index in [2.05, 4.69) is 23.7 Å². The first-order valence-electron chi connectivity index (χ1n) is 3.73. The lowest BCUT2D eigenvalue weighted by Gasteiger charge is -2.13. The van der Waals surface area contributed by atoms with Gasteiger partial charge in [-0.1, -0.05) is 19.9 Å². The minimum Gasteiger partial charge on any atom is -0.376 e. The lowest BCUT2D eigenvalue weighted by molar-refractivity contribution is 0.384. The predicted octanol–water partition coefficient (Wildman–Crippen LogP) is 1.41. The maximum atomic E-state index is 3.88. The lowest BCUT2D eigenvalue weighted by atomic mass is 10.3. The standard InChI is InChI=1S/C8H18N2/c1-5-6-8(2)9-7-10(3)4/h9H,2,5-7H2,1,3-4H3. The van der Waals surface area contributed by atoms with E-state index in [-0.39, 0.29) is 0 Å². The van der Waals surface area contributed by atoms with E-state index in [9.17, 15) is 0 Å². The summed E-state index contributed by atoms with van der Waals surface area (Å²) < 4.78 is 0. The highest BCUT2D eigenvalue weighted by atomic mass is 15.2. The van der Waals surface area contributed by atoms with Gasteiger partial charge in [0.25, 0.3) is 0 Å². The van der Waals surface area contributed by atoms with Crippen molar-refractivity contribution in [2.75, 3.05) is 20.8 Å². The van der Waals surface area contributed by atoms with Gasteiger partial charge in [-0.25, -0.2) is 0 Å². The van der Waals surface area contributed by atoms with Gasteiger partial charge in [-0.15, -0.1) is 0 Å². The summed E-state index contributed by atoms with van der Waals surface area (Å²) >= 11 is 0. The van der Waals surface area contributed by atoms with Gasteiger partial charge in [0.2, 0.25) is 0 Å². The van der Waals surface area contributed by atoms with Crippen molar-refractivity contribution < 1.29 is 0 Å². The molecule has 0 aromatic carbocycles. The van der Waals surface area contributed by atoms with Crippen LogP contribution in [0, 0.1) is 0 Å². The van der Waals surface area contributed by atoms with Gasteiger partial charge in [0.15, 0.2) is 0 Å². The van der Waals surface area contributed by atoms with E-state index >= 15 is 0 Å². The Hall–Kier alpha value is -0.500. The zero-order valence-electron chi connectivity index (χ0n) is 7.28. The first-order valence-corrected chi connectivity index (χ1v) is 3.73. The average molecular weight is 142 g/mol. The molecule has 0 fully saturated rings. The second kappa shape index (κ2) is 5.30. The molecule has 0 rings (SSSR count). The van der Waals surface area contributed by atoms with Crippen molar-refractivity contribution in [2.45, 2.75) is 19.8 Å². The number of nitrogens with zero attached hydrogens (tertiary/aromatic N) is 1. The second-order valence-electron chi connectivity index (χ2n) is 2.77. The van der Waals surface area contributed by atoms with Gasteiger partial charge in [-0.05, 0) is 20.5 Å². The summed E-state index contributed by atoms with van der Waals surface area (Å²) in [6, 6.07) is 0. The second-order valence-corrected chi connectivity index (χ2v) is 2.77. The van der Waals surface area contributed by atoms with Crippen molar-refractivity contribution in [3.8, 4) is 0 Å². The van der Waals surface area contributed by atoms with E-state index in [0.29, 0.717) is 0 Å². The summed E-state index contributed by atoms with van der Waals surface area (Å²) in [6.45, 7) is 6.92. The summed E-state index contributed by atoms with van der Waals surface area (Å²) in [5, 5.41) is 3.21. The Morgan fingerprint density at radius 1 is 1.50 bits per heavy atom. The highest BCUT2D eigenvalue weighted by Gasteiger charge is 1.90. The van der Waals surface area contributed by atoms with Crippen LogP contribution in [-0.2, 0) is 0 Å². The zero-order chi connectivity index (χ0) is 7.98. The van der Waals surface area contributed by atoms with Crippen LogP contribution in [0.3, 0.4) is 0 Å². The van der Waals surface area contributed by atoms with Gasteiger partial charge >= 0.3 is 0 Å². The van der Waals surface area contributed by atoms with Crippen LogP contribution in [-0.4, -0.2) is 25.7 Å². The largest absolute Gasteiger partial charge is 0.376 e. The van der Waals surface area contributed by atoms with E-state index in [1.54, 1.807) is 0 Å². The molecule has 0 spiro atoms. The molecule has 0 radical (unpaired) electrons. The third-order valence-electron chi connectivity index (χ3n) is 1.20. The highest BCUT2D eigenvalue weighted by Crippen LogP contribution is 1.95. The number of allylic oxidation sites excluding steroid dienone is 1. The molecule has 10 heavy (non-hydrogen) atoms. The molecule has 0 aliphatic rings. The third kappa shape index (κ3) is 5.63. The molecule has 0 amide bonds. The van der Waals surface area contributed by atoms with Crippen LogP contribution in [0.4, 0.5) is 0 Å². The topological polar surface area (TPSA) is 15.3 Å². The molecule has 0 saturated carbocycles. The fourth-order valence-corrected chi connectivity index (χ4v) is 0.660. The molecule has 0 aliphatic heterocycles. The lowest BCUT2D eigenvalue weighted by Crippen LogP contribution is -2.26. The molecule has 2 heteroatoms. The molecule has 0 saturated heterocycles. The molecule has 0 aliphatic carbocycles. The van der Waals surface area contributed by atoms with Crippen LogP contribution in [0.25, 0.3) is 0 Å². The first kappa shape index (κ1) is 9.50. The summed E-state index contributed by atoms with van der Waals surface area (Å²) in [5.41, 5.74) is 1.14. The fourth-order valence-electron chi connectivity index (χ4n) is 0.660. The van der Waals surface area contributed by atoms with Crippen LogP contribution < -0.4 is 5.32 Å². The predicted molar refractivity (Wildman–Crippen MR) is 45.7 cm³/mol. The van der Waals surface area contributed by atoms with Gasteiger partial charge in [0.05, 0.1) is 6.67 Å². The normalized spacial score (nSPS) is 10.0. The van der Waals surface area contributed by atoms with Crippen molar-refractivity contribution in [1.82, 2.24) is 10.2 Å². The minimum atomic E-state index is 0.888. The Kier molecular flexibility index (Phi) is 5.03. The summed E-state index contributed by atoms with van der Waals surface area (Å²) in [4.78, 5) is 2.08. The minimum absolute atomic E-state index is 0.888. The zero-order valence-corrected chi connectivity index (χ0v) is 7.28. The van der Waals surface area contributed by atoms with Crippen LogP contribution in [0.1, 0.15) is 19.8 Å². The molecule has 0 heterocycles. The van der Waals surface area contributed by atoms with E-state index in [0.717, 1.165) is 18.8 Å². The van der Waals surface area contributed by atoms with Crippen LogP contribution >= 0.6 is 0 Å². The fraction of sp³-hybridized carbons (Fsp3) is 0.750. The van der Waals surface area contributed by atoms with E-state index in [1.165, 1.54) is 6.42 Å². The smallest absolute Gasteiger partial charge is 0.0670 e. The first-order chi connectivity index (χ1) is 4.66. The van der Waals surface area contributed by atoms with Crippen LogP contribution in [0.5, 0.6) is 0 Å². The SMILES string of the molecule is C=C(CCC)NCN(C)C. The van der Waals surface area contributed by atoms with Gasteiger partial charge in [0.1, 0.15) is 0 Å². The molecule has 0 atom stereocenters. The third-order valence-corrected chi connectivity index (χ3v) is 1.20. The van der Waals surface area contributed by atoms with E-state index < -0.39 is 0 Å². The van der Waals surface area contributed by atoms with E-state index in [4.69, 9.17) is 0 Å². The molecular formula is C8H18N2. The van der Waals surface area contributed by atoms with Crippen molar-refractivity contribution in [2.24, 2.45) is 0 Å². The Labute approximate surface area is 63.9 Å².